The fourth-order valence-electron chi connectivity index (χ4n) is 3.92. The lowest BCUT2D eigenvalue weighted by Crippen LogP contribution is -2.42. The average Bonchev–Trinajstić information content (AvgIpc) is 2.73. The molecule has 1 amide bonds. The van der Waals surface area contributed by atoms with Crippen LogP contribution in [0.4, 0.5) is 0 Å². The topological polar surface area (TPSA) is 58.6 Å². The fraction of sp³-hybridized carbons (Fsp3) is 0.571. The maximum Gasteiger partial charge on any atom is 0.233 e. The van der Waals surface area contributed by atoms with Gasteiger partial charge in [-0.05, 0) is 32.3 Å². The quantitative estimate of drug-likeness (QED) is 0.568. The minimum atomic E-state index is 0.217. The van der Waals surface area contributed by atoms with Gasteiger partial charge in [0, 0.05) is 31.1 Å². The Labute approximate surface area is 170 Å². The van der Waals surface area contributed by atoms with E-state index >= 15 is 0 Å². The highest BCUT2D eigenvalue weighted by atomic mass is 32.2. The van der Waals surface area contributed by atoms with Crippen molar-refractivity contribution in [2.75, 3.05) is 38.6 Å². The van der Waals surface area contributed by atoms with Crippen LogP contribution in [-0.2, 0) is 16.1 Å². The molecule has 2 fully saturated rings. The third-order valence-electron chi connectivity index (χ3n) is 5.54. The molecule has 0 saturated carbocycles. The molecule has 0 N–H and O–H groups in total. The maximum absolute atomic E-state index is 12.8. The van der Waals surface area contributed by atoms with Crippen LogP contribution >= 0.6 is 11.8 Å². The predicted molar refractivity (Wildman–Crippen MR) is 111 cm³/mol. The number of likely N-dealkylation sites (tertiary alicyclic amines) is 1. The van der Waals surface area contributed by atoms with Crippen molar-refractivity contribution in [3.8, 4) is 0 Å². The van der Waals surface area contributed by atoms with Crippen LogP contribution in [0.15, 0.2) is 29.3 Å². The molecule has 0 bridgehead atoms. The zero-order valence-corrected chi connectivity index (χ0v) is 17.3. The molecule has 28 heavy (non-hydrogen) atoms. The number of hydrogen-bond donors (Lipinski definition) is 0. The van der Waals surface area contributed by atoms with E-state index in [1.807, 2.05) is 29.2 Å². The molecule has 4 rings (SSSR count). The Kier molecular flexibility index (Phi) is 6.44. The third kappa shape index (κ3) is 4.64. The van der Waals surface area contributed by atoms with Crippen molar-refractivity contribution in [2.45, 2.75) is 43.8 Å². The molecule has 2 aliphatic rings. The van der Waals surface area contributed by atoms with Crippen molar-refractivity contribution < 1.29 is 9.53 Å². The van der Waals surface area contributed by atoms with Crippen molar-refractivity contribution in [1.82, 2.24) is 19.8 Å². The molecule has 1 unspecified atom stereocenters. The molecule has 1 atom stereocenters. The Balaban J connectivity index is 1.50. The second-order valence-corrected chi connectivity index (χ2v) is 8.54. The van der Waals surface area contributed by atoms with Crippen LogP contribution in [-0.4, -0.2) is 70.3 Å². The van der Waals surface area contributed by atoms with Crippen molar-refractivity contribution in [2.24, 2.45) is 0 Å². The number of thioether (sulfide) groups is 1. The molecule has 3 heterocycles. The molecular formula is C21H28N4O2S. The van der Waals surface area contributed by atoms with Gasteiger partial charge in [-0.3, -0.25) is 9.69 Å². The third-order valence-corrected chi connectivity index (χ3v) is 6.51. The van der Waals surface area contributed by atoms with Crippen LogP contribution < -0.4 is 0 Å². The van der Waals surface area contributed by atoms with Crippen LogP contribution in [0.3, 0.4) is 0 Å². The van der Waals surface area contributed by atoms with Gasteiger partial charge < -0.3 is 9.64 Å². The molecule has 0 radical (unpaired) electrons. The van der Waals surface area contributed by atoms with Gasteiger partial charge in [0.15, 0.2) is 0 Å². The Hall–Kier alpha value is -1.70. The highest BCUT2D eigenvalue weighted by Gasteiger charge is 2.23. The zero-order chi connectivity index (χ0) is 19.3. The lowest BCUT2D eigenvalue weighted by molar-refractivity contribution is -0.131. The maximum atomic E-state index is 12.8. The van der Waals surface area contributed by atoms with Crippen molar-refractivity contribution in [3.63, 3.8) is 0 Å². The Bertz CT molecular complexity index is 825. The molecule has 1 aromatic heterocycles. The second kappa shape index (κ2) is 9.20. The smallest absolute Gasteiger partial charge is 0.233 e. The van der Waals surface area contributed by atoms with Gasteiger partial charge in [0.2, 0.25) is 5.91 Å². The van der Waals surface area contributed by atoms with Gasteiger partial charge in [-0.25, -0.2) is 9.97 Å². The summed E-state index contributed by atoms with van der Waals surface area (Å²) in [5, 5.41) is 1.93. The van der Waals surface area contributed by atoms with E-state index in [2.05, 4.69) is 11.8 Å². The van der Waals surface area contributed by atoms with Gasteiger partial charge in [-0.1, -0.05) is 30.0 Å². The number of aromatic nitrogens is 2. The molecule has 2 saturated heterocycles. The van der Waals surface area contributed by atoms with Crippen molar-refractivity contribution >= 4 is 28.6 Å². The number of para-hydroxylation sites is 1. The number of amides is 1. The molecular weight excluding hydrogens is 372 g/mol. The first-order chi connectivity index (χ1) is 13.7. The summed E-state index contributed by atoms with van der Waals surface area (Å²) in [6, 6.07) is 8.43. The summed E-state index contributed by atoms with van der Waals surface area (Å²) < 4.78 is 5.43. The number of hydrogen-bond acceptors (Lipinski definition) is 6. The molecule has 7 heteroatoms. The number of ether oxygens (including phenoxy) is 1. The summed E-state index contributed by atoms with van der Waals surface area (Å²) in [7, 11) is 0. The molecule has 1 aromatic carbocycles. The molecule has 150 valence electrons. The Morgan fingerprint density at radius 3 is 2.82 bits per heavy atom. The first-order valence-corrected chi connectivity index (χ1v) is 11.2. The Morgan fingerprint density at radius 2 is 2.00 bits per heavy atom. The second-order valence-electron chi connectivity index (χ2n) is 7.57. The van der Waals surface area contributed by atoms with E-state index in [9.17, 15) is 4.79 Å². The minimum absolute atomic E-state index is 0.217. The average molecular weight is 401 g/mol. The number of piperidine rings is 1. The number of morpholine rings is 1. The van der Waals surface area contributed by atoms with Gasteiger partial charge in [-0.15, -0.1) is 0 Å². The van der Waals surface area contributed by atoms with E-state index in [4.69, 9.17) is 14.7 Å². The lowest BCUT2D eigenvalue weighted by atomic mass is 10.0. The van der Waals surface area contributed by atoms with E-state index in [0.717, 1.165) is 74.0 Å². The highest BCUT2D eigenvalue weighted by Crippen LogP contribution is 2.27. The molecule has 2 aliphatic heterocycles. The number of rotatable bonds is 5. The number of nitrogens with zero attached hydrogens (tertiary/aromatic N) is 4. The molecule has 2 aromatic rings. The molecule has 6 nitrogen and oxygen atoms in total. The largest absolute Gasteiger partial charge is 0.379 e. The monoisotopic (exact) mass is 400 g/mol. The van der Waals surface area contributed by atoms with Crippen LogP contribution in [0.25, 0.3) is 10.9 Å². The van der Waals surface area contributed by atoms with Crippen LogP contribution in [0.5, 0.6) is 0 Å². The number of carbonyl (C=O) groups is 1. The highest BCUT2D eigenvalue weighted by molar-refractivity contribution is 8.00. The first-order valence-electron chi connectivity index (χ1n) is 10.2. The fourth-order valence-corrected chi connectivity index (χ4v) is 4.84. The van der Waals surface area contributed by atoms with Gasteiger partial charge >= 0.3 is 0 Å². The zero-order valence-electron chi connectivity index (χ0n) is 16.5. The summed E-state index contributed by atoms with van der Waals surface area (Å²) in [6.07, 6.45) is 3.44. The number of carbonyl (C=O) groups excluding carboxylic acids is 1. The lowest BCUT2D eigenvalue weighted by Gasteiger charge is -2.33. The van der Waals surface area contributed by atoms with Crippen molar-refractivity contribution in [1.29, 1.82) is 0 Å². The molecule has 0 aliphatic carbocycles. The minimum Gasteiger partial charge on any atom is -0.379 e. The normalized spacial score (nSPS) is 21.2. The van der Waals surface area contributed by atoms with Crippen LogP contribution in [0.2, 0.25) is 0 Å². The summed E-state index contributed by atoms with van der Waals surface area (Å²) in [4.78, 5) is 26.7. The Morgan fingerprint density at radius 1 is 1.18 bits per heavy atom. The van der Waals surface area contributed by atoms with Gasteiger partial charge in [-0.2, -0.15) is 0 Å². The molecule has 0 spiro atoms. The van der Waals surface area contributed by atoms with Crippen molar-refractivity contribution in [3.05, 3.63) is 30.1 Å². The van der Waals surface area contributed by atoms with Crippen LogP contribution in [0.1, 0.15) is 32.0 Å². The first kappa shape index (κ1) is 19.6. The van der Waals surface area contributed by atoms with E-state index in [0.29, 0.717) is 11.8 Å². The van der Waals surface area contributed by atoms with Gasteiger partial charge in [0.1, 0.15) is 10.9 Å². The van der Waals surface area contributed by atoms with Crippen LogP contribution in [0, 0.1) is 0 Å². The number of benzene rings is 1. The van der Waals surface area contributed by atoms with E-state index < -0.39 is 0 Å². The SMILES string of the molecule is CC1CCCCN1C(=O)CSc1nc(CN2CCOCC2)nc2ccccc12. The summed E-state index contributed by atoms with van der Waals surface area (Å²) in [5.41, 5.74) is 0.946. The van der Waals surface area contributed by atoms with E-state index in [1.54, 1.807) is 11.8 Å². The summed E-state index contributed by atoms with van der Waals surface area (Å²) >= 11 is 1.54. The predicted octanol–water partition coefficient (Wildman–Crippen LogP) is 2.96. The van der Waals surface area contributed by atoms with E-state index in [1.165, 1.54) is 6.42 Å². The summed E-state index contributed by atoms with van der Waals surface area (Å²) in [5.74, 6) is 1.47. The summed E-state index contributed by atoms with van der Waals surface area (Å²) in [6.45, 7) is 7.10. The number of fused-ring (bicyclic) bond motifs is 1. The standard InChI is InChI=1S/C21H28N4O2S/c1-16-6-4-5-9-25(16)20(26)15-28-21-17-7-2-3-8-18(17)22-19(23-21)14-24-10-12-27-13-11-24/h2-3,7-8,16H,4-6,9-15H2,1H3. The van der Waals surface area contributed by atoms with Gasteiger partial charge in [0.05, 0.1) is 31.0 Å². The van der Waals surface area contributed by atoms with E-state index in [-0.39, 0.29) is 5.91 Å². The van der Waals surface area contributed by atoms with Gasteiger partial charge in [0.25, 0.3) is 0 Å².